The molecule has 0 saturated heterocycles. The molecule has 0 aliphatic heterocycles. The van der Waals surface area contributed by atoms with Crippen LogP contribution in [0.5, 0.6) is 0 Å². The summed E-state index contributed by atoms with van der Waals surface area (Å²) in [5, 5.41) is 0. The molecular formula is C25H42. The van der Waals surface area contributed by atoms with E-state index in [4.69, 9.17) is 0 Å². The van der Waals surface area contributed by atoms with E-state index in [-0.39, 0.29) is 0 Å². The van der Waals surface area contributed by atoms with Crippen molar-refractivity contribution in [1.82, 2.24) is 0 Å². The Morgan fingerprint density at radius 1 is 1.04 bits per heavy atom. The van der Waals surface area contributed by atoms with Crippen molar-refractivity contribution in [3.63, 3.8) is 0 Å². The maximum absolute atomic E-state index is 4.35. The lowest BCUT2D eigenvalue weighted by Crippen LogP contribution is -2.50. The fourth-order valence-electron chi connectivity index (χ4n) is 7.65. The van der Waals surface area contributed by atoms with E-state index in [0.29, 0.717) is 10.8 Å². The second-order valence-corrected chi connectivity index (χ2v) is 10.1. The quantitative estimate of drug-likeness (QED) is 0.426. The lowest BCUT2D eigenvalue weighted by atomic mass is 9.47. The Labute approximate surface area is 157 Å². The SMILES string of the molecule is C=C(C)[C@H]1CCC2C3CC=C4C[C@@H](C)CCC4(C)C3CCC21C.CC. The van der Waals surface area contributed by atoms with Crippen LogP contribution in [0.25, 0.3) is 0 Å². The van der Waals surface area contributed by atoms with Crippen LogP contribution in [0.2, 0.25) is 0 Å². The van der Waals surface area contributed by atoms with Crippen molar-refractivity contribution in [1.29, 1.82) is 0 Å². The van der Waals surface area contributed by atoms with E-state index >= 15 is 0 Å². The van der Waals surface area contributed by atoms with E-state index in [1.807, 2.05) is 19.4 Å². The van der Waals surface area contributed by atoms with E-state index in [2.05, 4.69) is 40.3 Å². The molecule has 4 aliphatic rings. The van der Waals surface area contributed by atoms with E-state index < -0.39 is 0 Å². The number of fused-ring (bicyclic) bond motifs is 5. The molecular weight excluding hydrogens is 300 g/mol. The third-order valence-electron chi connectivity index (χ3n) is 8.95. The maximum atomic E-state index is 4.35. The lowest BCUT2D eigenvalue weighted by Gasteiger charge is -2.58. The molecule has 4 aliphatic carbocycles. The highest BCUT2D eigenvalue weighted by Gasteiger charge is 2.58. The van der Waals surface area contributed by atoms with Gasteiger partial charge in [-0.15, -0.1) is 0 Å². The fraction of sp³-hybridized carbons (Fsp3) is 0.840. The molecule has 0 bridgehead atoms. The van der Waals surface area contributed by atoms with Gasteiger partial charge >= 0.3 is 0 Å². The van der Waals surface area contributed by atoms with Crippen molar-refractivity contribution < 1.29 is 0 Å². The van der Waals surface area contributed by atoms with Gasteiger partial charge in [0.05, 0.1) is 0 Å². The summed E-state index contributed by atoms with van der Waals surface area (Å²) in [4.78, 5) is 0. The van der Waals surface area contributed by atoms with Crippen molar-refractivity contribution in [2.75, 3.05) is 0 Å². The summed E-state index contributed by atoms with van der Waals surface area (Å²) < 4.78 is 0. The third-order valence-corrected chi connectivity index (χ3v) is 8.95. The molecule has 142 valence electrons. The van der Waals surface area contributed by atoms with Gasteiger partial charge in [0.2, 0.25) is 0 Å². The predicted octanol–water partition coefficient (Wildman–Crippen LogP) is 7.80. The first-order valence-electron chi connectivity index (χ1n) is 11.2. The van der Waals surface area contributed by atoms with Gasteiger partial charge < -0.3 is 0 Å². The first-order valence-corrected chi connectivity index (χ1v) is 11.2. The Bertz CT molecular complexity index is 540. The summed E-state index contributed by atoms with van der Waals surface area (Å²) in [5.41, 5.74) is 4.39. The molecule has 5 unspecified atom stereocenters. The lowest BCUT2D eigenvalue weighted by molar-refractivity contribution is -0.0388. The second kappa shape index (κ2) is 6.90. The van der Waals surface area contributed by atoms with Gasteiger partial charge in [0, 0.05) is 0 Å². The molecule has 25 heavy (non-hydrogen) atoms. The van der Waals surface area contributed by atoms with Crippen LogP contribution in [0.1, 0.15) is 92.9 Å². The molecule has 3 saturated carbocycles. The molecule has 0 aromatic rings. The van der Waals surface area contributed by atoms with Crippen LogP contribution in [-0.4, -0.2) is 0 Å². The molecule has 7 atom stereocenters. The Morgan fingerprint density at radius 2 is 1.76 bits per heavy atom. The first kappa shape index (κ1) is 19.2. The summed E-state index contributed by atoms with van der Waals surface area (Å²) >= 11 is 0. The summed E-state index contributed by atoms with van der Waals surface area (Å²) in [5.74, 6) is 4.59. The molecule has 0 aromatic carbocycles. The Kier molecular flexibility index (Phi) is 5.31. The van der Waals surface area contributed by atoms with Crippen molar-refractivity contribution in [3.8, 4) is 0 Å². The Balaban J connectivity index is 0.000000880. The van der Waals surface area contributed by atoms with Crippen LogP contribution in [0.15, 0.2) is 23.8 Å². The van der Waals surface area contributed by atoms with Gasteiger partial charge in [-0.1, -0.05) is 58.4 Å². The van der Waals surface area contributed by atoms with E-state index in [9.17, 15) is 0 Å². The molecule has 0 radical (unpaired) electrons. The topological polar surface area (TPSA) is 0 Å². The Morgan fingerprint density at radius 3 is 2.44 bits per heavy atom. The van der Waals surface area contributed by atoms with Crippen LogP contribution in [-0.2, 0) is 0 Å². The van der Waals surface area contributed by atoms with E-state index in [1.165, 1.54) is 56.9 Å². The average molecular weight is 343 g/mol. The number of allylic oxidation sites excluding steroid dienone is 3. The third kappa shape index (κ3) is 2.87. The fourth-order valence-corrected chi connectivity index (χ4v) is 7.65. The van der Waals surface area contributed by atoms with Crippen molar-refractivity contribution >= 4 is 0 Å². The zero-order valence-electron chi connectivity index (χ0n) is 17.8. The molecule has 4 rings (SSSR count). The van der Waals surface area contributed by atoms with Gasteiger partial charge in [0.25, 0.3) is 0 Å². The van der Waals surface area contributed by atoms with Crippen LogP contribution in [0.3, 0.4) is 0 Å². The highest BCUT2D eigenvalue weighted by Crippen LogP contribution is 2.67. The largest absolute Gasteiger partial charge is 0.0998 e. The van der Waals surface area contributed by atoms with Crippen LogP contribution < -0.4 is 0 Å². The summed E-state index contributed by atoms with van der Waals surface area (Å²) in [6.07, 6.45) is 14.2. The Hall–Kier alpha value is -0.520. The molecule has 0 heteroatoms. The molecule has 0 aromatic heterocycles. The molecule has 0 nitrogen and oxygen atoms in total. The van der Waals surface area contributed by atoms with Gasteiger partial charge in [-0.25, -0.2) is 0 Å². The van der Waals surface area contributed by atoms with Crippen LogP contribution in [0, 0.1) is 40.4 Å². The molecule has 3 fully saturated rings. The number of hydrogen-bond acceptors (Lipinski definition) is 0. The molecule has 0 heterocycles. The predicted molar refractivity (Wildman–Crippen MR) is 111 cm³/mol. The van der Waals surface area contributed by atoms with Gasteiger partial charge in [0.1, 0.15) is 0 Å². The van der Waals surface area contributed by atoms with Gasteiger partial charge in [0.15, 0.2) is 0 Å². The molecule has 0 amide bonds. The van der Waals surface area contributed by atoms with Crippen LogP contribution in [0.4, 0.5) is 0 Å². The minimum atomic E-state index is 0.540. The first-order chi connectivity index (χ1) is 11.9. The highest BCUT2D eigenvalue weighted by atomic mass is 14.6. The van der Waals surface area contributed by atoms with E-state index in [0.717, 1.165) is 29.6 Å². The van der Waals surface area contributed by atoms with Crippen LogP contribution >= 0.6 is 0 Å². The number of rotatable bonds is 1. The highest BCUT2D eigenvalue weighted by molar-refractivity contribution is 5.25. The monoisotopic (exact) mass is 342 g/mol. The maximum Gasteiger partial charge on any atom is -0.00851 e. The van der Waals surface area contributed by atoms with Gasteiger partial charge in [-0.05, 0) is 98.7 Å². The van der Waals surface area contributed by atoms with E-state index in [1.54, 1.807) is 0 Å². The minimum absolute atomic E-state index is 0.540. The van der Waals surface area contributed by atoms with Crippen molar-refractivity contribution in [3.05, 3.63) is 23.8 Å². The normalized spacial score (nSPS) is 48.2. The standard InChI is InChI=1S/C23H36.C2H6/c1-15(2)19-8-9-20-18-7-6-17-14-16(3)10-12-22(17,4)21(18)11-13-23(19,20)5;1-2/h6,16,18-21H,1,7-14H2,2-5H3;1-2H3/t16-,18?,19+,20?,21?,22?,23?;/m0./s1. The van der Waals surface area contributed by atoms with Gasteiger partial charge in [-0.2, -0.15) is 0 Å². The zero-order valence-corrected chi connectivity index (χ0v) is 17.8. The zero-order chi connectivity index (χ0) is 18.4. The van der Waals surface area contributed by atoms with Crippen molar-refractivity contribution in [2.24, 2.45) is 40.4 Å². The van der Waals surface area contributed by atoms with Gasteiger partial charge in [-0.3, -0.25) is 0 Å². The molecule has 0 spiro atoms. The smallest absolute Gasteiger partial charge is 0.00851 e. The van der Waals surface area contributed by atoms with Crippen molar-refractivity contribution in [2.45, 2.75) is 92.9 Å². The summed E-state index contributed by atoms with van der Waals surface area (Å²) in [7, 11) is 0. The average Bonchev–Trinajstić information content (AvgIpc) is 2.95. The minimum Gasteiger partial charge on any atom is -0.0998 e. The summed E-state index contributed by atoms with van der Waals surface area (Å²) in [6.45, 7) is 18.3. The summed E-state index contributed by atoms with van der Waals surface area (Å²) in [6, 6.07) is 0. The second-order valence-electron chi connectivity index (χ2n) is 10.1. The molecule has 0 N–H and O–H groups in total. The number of hydrogen-bond donors (Lipinski definition) is 0.